The molecule has 0 bridgehead atoms. The minimum Gasteiger partial charge on any atom is -0.358 e. The van der Waals surface area contributed by atoms with Gasteiger partial charge in [0.1, 0.15) is 0 Å². The number of thiocarbonyl (C=S) groups is 1. The second-order valence-corrected chi connectivity index (χ2v) is 5.31. The summed E-state index contributed by atoms with van der Waals surface area (Å²) in [5.74, 6) is 0. The number of para-hydroxylation sites is 1. The van der Waals surface area contributed by atoms with E-state index in [1.165, 1.54) is 10.5 Å². The highest BCUT2D eigenvalue weighted by Gasteiger charge is 1.98. The molecular formula is C15H16N2S2. The maximum atomic E-state index is 5.26. The van der Waals surface area contributed by atoms with Crippen molar-refractivity contribution in [2.75, 3.05) is 11.6 Å². The summed E-state index contributed by atoms with van der Waals surface area (Å²) in [7, 11) is 0. The van der Waals surface area contributed by atoms with Gasteiger partial charge in [-0.3, -0.25) is 0 Å². The Morgan fingerprint density at radius 2 is 1.74 bits per heavy atom. The zero-order valence-electron chi connectivity index (χ0n) is 10.7. The van der Waals surface area contributed by atoms with Crippen molar-refractivity contribution in [2.45, 2.75) is 11.4 Å². The van der Waals surface area contributed by atoms with E-state index in [9.17, 15) is 0 Å². The summed E-state index contributed by atoms with van der Waals surface area (Å²) >= 11 is 7.00. The normalized spacial score (nSPS) is 9.95. The molecule has 2 nitrogen and oxygen atoms in total. The molecule has 0 fully saturated rings. The summed E-state index contributed by atoms with van der Waals surface area (Å²) in [6.45, 7) is 0.729. The topological polar surface area (TPSA) is 24.1 Å². The van der Waals surface area contributed by atoms with Gasteiger partial charge in [0, 0.05) is 17.1 Å². The van der Waals surface area contributed by atoms with Crippen molar-refractivity contribution in [3.8, 4) is 0 Å². The summed E-state index contributed by atoms with van der Waals surface area (Å²) in [6.07, 6.45) is 2.08. The number of nitrogens with one attached hydrogen (secondary N) is 2. The predicted molar refractivity (Wildman–Crippen MR) is 87.7 cm³/mol. The summed E-state index contributed by atoms with van der Waals surface area (Å²) < 4.78 is 0. The molecule has 2 aromatic rings. The molecule has 0 saturated carbocycles. The maximum absolute atomic E-state index is 5.26. The van der Waals surface area contributed by atoms with Crippen LogP contribution in [-0.4, -0.2) is 11.4 Å². The minimum absolute atomic E-state index is 0.639. The second kappa shape index (κ2) is 7.16. The highest BCUT2D eigenvalue weighted by atomic mass is 32.2. The van der Waals surface area contributed by atoms with E-state index in [0.717, 1.165) is 12.2 Å². The number of hydrogen-bond acceptors (Lipinski definition) is 2. The molecule has 4 heteroatoms. The molecule has 0 heterocycles. The fraction of sp³-hybridized carbons (Fsp3) is 0.133. The molecule has 0 unspecified atom stereocenters. The van der Waals surface area contributed by atoms with Gasteiger partial charge in [0.25, 0.3) is 0 Å². The van der Waals surface area contributed by atoms with Crippen LogP contribution < -0.4 is 10.6 Å². The first-order valence-electron chi connectivity index (χ1n) is 6.01. The van der Waals surface area contributed by atoms with E-state index in [-0.39, 0.29) is 0 Å². The quantitative estimate of drug-likeness (QED) is 0.658. The monoisotopic (exact) mass is 288 g/mol. The first kappa shape index (κ1) is 13.9. The molecule has 0 aliphatic rings. The Kier molecular flexibility index (Phi) is 5.24. The summed E-state index contributed by atoms with van der Waals surface area (Å²) in [5.41, 5.74) is 2.22. The van der Waals surface area contributed by atoms with Crippen LogP contribution in [0, 0.1) is 0 Å². The molecule has 98 valence electrons. The van der Waals surface area contributed by atoms with Crippen LogP contribution in [0.4, 0.5) is 5.69 Å². The fourth-order valence-electron chi connectivity index (χ4n) is 1.62. The van der Waals surface area contributed by atoms with E-state index < -0.39 is 0 Å². The molecule has 0 spiro atoms. The van der Waals surface area contributed by atoms with Crippen LogP contribution in [-0.2, 0) is 6.54 Å². The van der Waals surface area contributed by atoms with E-state index in [0.29, 0.717) is 5.11 Å². The second-order valence-electron chi connectivity index (χ2n) is 4.02. The molecule has 0 aromatic heterocycles. The molecule has 2 rings (SSSR count). The van der Waals surface area contributed by atoms with Gasteiger partial charge < -0.3 is 10.6 Å². The molecule has 0 aliphatic heterocycles. The van der Waals surface area contributed by atoms with Crippen molar-refractivity contribution in [3.05, 3.63) is 60.2 Å². The lowest BCUT2D eigenvalue weighted by molar-refractivity contribution is 0.924. The van der Waals surface area contributed by atoms with E-state index in [1.54, 1.807) is 11.8 Å². The Bertz CT molecular complexity index is 524. The third-order valence-electron chi connectivity index (χ3n) is 2.64. The van der Waals surface area contributed by atoms with E-state index in [4.69, 9.17) is 12.2 Å². The lowest BCUT2D eigenvalue weighted by Gasteiger charge is -2.10. The Morgan fingerprint density at radius 3 is 2.37 bits per heavy atom. The lowest BCUT2D eigenvalue weighted by Crippen LogP contribution is -2.27. The van der Waals surface area contributed by atoms with E-state index in [2.05, 4.69) is 41.2 Å². The summed E-state index contributed by atoms with van der Waals surface area (Å²) in [4.78, 5) is 1.27. The largest absolute Gasteiger partial charge is 0.358 e. The molecule has 0 saturated heterocycles. The molecular weight excluding hydrogens is 272 g/mol. The van der Waals surface area contributed by atoms with Crippen molar-refractivity contribution in [1.82, 2.24) is 5.32 Å². The average Bonchev–Trinajstić information content (AvgIpc) is 2.47. The average molecular weight is 288 g/mol. The van der Waals surface area contributed by atoms with Crippen LogP contribution >= 0.6 is 24.0 Å². The van der Waals surface area contributed by atoms with Crippen LogP contribution in [0.2, 0.25) is 0 Å². The van der Waals surface area contributed by atoms with Crippen molar-refractivity contribution >= 4 is 34.8 Å². The molecule has 2 aromatic carbocycles. The van der Waals surface area contributed by atoms with Crippen LogP contribution in [0.1, 0.15) is 5.56 Å². The van der Waals surface area contributed by atoms with Gasteiger partial charge >= 0.3 is 0 Å². The van der Waals surface area contributed by atoms with Crippen molar-refractivity contribution in [1.29, 1.82) is 0 Å². The molecule has 0 amide bonds. The van der Waals surface area contributed by atoms with Gasteiger partial charge in [-0.2, -0.15) is 0 Å². The Balaban J connectivity index is 1.83. The van der Waals surface area contributed by atoms with E-state index >= 15 is 0 Å². The smallest absolute Gasteiger partial charge is 0.171 e. The van der Waals surface area contributed by atoms with Crippen LogP contribution in [0.25, 0.3) is 0 Å². The van der Waals surface area contributed by atoms with Crippen molar-refractivity contribution < 1.29 is 0 Å². The SMILES string of the molecule is CSc1ccc(CNC(=S)Nc2ccccc2)cc1. The molecule has 2 N–H and O–H groups in total. The van der Waals surface area contributed by atoms with Gasteiger partial charge in [-0.15, -0.1) is 11.8 Å². The van der Waals surface area contributed by atoms with Crippen molar-refractivity contribution in [3.63, 3.8) is 0 Å². The first-order valence-corrected chi connectivity index (χ1v) is 7.64. The third kappa shape index (κ3) is 4.58. The van der Waals surface area contributed by atoms with Crippen LogP contribution in [0.15, 0.2) is 59.5 Å². The summed E-state index contributed by atoms with van der Waals surface area (Å²) in [6, 6.07) is 18.4. The number of rotatable bonds is 4. The predicted octanol–water partition coefficient (Wildman–Crippen LogP) is 3.90. The highest BCUT2D eigenvalue weighted by molar-refractivity contribution is 7.98. The van der Waals surface area contributed by atoms with Gasteiger partial charge in [-0.05, 0) is 48.3 Å². The highest BCUT2D eigenvalue weighted by Crippen LogP contribution is 2.14. The number of hydrogen-bond donors (Lipinski definition) is 2. The lowest BCUT2D eigenvalue weighted by atomic mass is 10.2. The molecule has 0 radical (unpaired) electrons. The van der Waals surface area contributed by atoms with Gasteiger partial charge in [0.15, 0.2) is 5.11 Å². The van der Waals surface area contributed by atoms with Crippen LogP contribution in [0.5, 0.6) is 0 Å². The zero-order chi connectivity index (χ0) is 13.5. The fourth-order valence-corrected chi connectivity index (χ4v) is 2.22. The first-order chi connectivity index (χ1) is 9.28. The van der Waals surface area contributed by atoms with Crippen molar-refractivity contribution in [2.24, 2.45) is 0 Å². The van der Waals surface area contributed by atoms with Gasteiger partial charge in [0.05, 0.1) is 0 Å². The zero-order valence-corrected chi connectivity index (χ0v) is 12.4. The maximum Gasteiger partial charge on any atom is 0.171 e. The molecule has 0 aliphatic carbocycles. The number of thioether (sulfide) groups is 1. The number of anilines is 1. The van der Waals surface area contributed by atoms with Gasteiger partial charge in [-0.1, -0.05) is 30.3 Å². The van der Waals surface area contributed by atoms with E-state index in [1.807, 2.05) is 30.3 Å². The minimum atomic E-state index is 0.639. The summed E-state index contributed by atoms with van der Waals surface area (Å²) in [5, 5.41) is 6.99. The Morgan fingerprint density at radius 1 is 1.05 bits per heavy atom. The standard InChI is InChI=1S/C15H16N2S2/c1-19-14-9-7-12(8-10-14)11-16-15(18)17-13-5-3-2-4-6-13/h2-10H,11H2,1H3,(H2,16,17,18). The van der Waals surface area contributed by atoms with Gasteiger partial charge in [-0.25, -0.2) is 0 Å². The van der Waals surface area contributed by atoms with Crippen LogP contribution in [0.3, 0.4) is 0 Å². The number of benzene rings is 2. The Labute approximate surface area is 123 Å². The van der Waals surface area contributed by atoms with Gasteiger partial charge in [0.2, 0.25) is 0 Å². The Hall–Kier alpha value is -1.52. The third-order valence-corrected chi connectivity index (χ3v) is 3.63. The molecule has 0 atom stereocenters. The molecule has 19 heavy (non-hydrogen) atoms.